The molecule has 28 heavy (non-hydrogen) atoms. The molecule has 0 atom stereocenters. The molecule has 0 N–H and O–H groups in total. The zero-order valence-corrected chi connectivity index (χ0v) is 15.3. The van der Waals surface area contributed by atoms with Gasteiger partial charge in [0.25, 0.3) is 0 Å². The van der Waals surface area contributed by atoms with Crippen LogP contribution in [0.25, 0.3) is 0 Å². The Labute approximate surface area is 161 Å². The van der Waals surface area contributed by atoms with Gasteiger partial charge in [-0.3, -0.25) is 9.59 Å². The molecule has 0 saturated carbocycles. The number of rotatable bonds is 8. The predicted molar refractivity (Wildman–Crippen MR) is 96.1 cm³/mol. The van der Waals surface area contributed by atoms with Crippen molar-refractivity contribution in [2.24, 2.45) is 0 Å². The second-order valence-corrected chi connectivity index (χ2v) is 5.59. The van der Waals surface area contributed by atoms with Crippen LogP contribution in [-0.2, 0) is 19.1 Å². The van der Waals surface area contributed by atoms with Gasteiger partial charge >= 0.3 is 17.9 Å². The van der Waals surface area contributed by atoms with Gasteiger partial charge in [-0.05, 0) is 55.5 Å². The fourth-order valence-corrected chi connectivity index (χ4v) is 2.06. The van der Waals surface area contributed by atoms with Crippen LogP contribution in [0.4, 0.5) is 0 Å². The Morgan fingerprint density at radius 1 is 0.750 bits per heavy atom. The second-order valence-electron chi connectivity index (χ2n) is 5.59. The maximum Gasteiger partial charge on any atom is 0.345 e. The van der Waals surface area contributed by atoms with Crippen LogP contribution in [0.1, 0.15) is 34.1 Å². The van der Waals surface area contributed by atoms with Crippen LogP contribution in [0.3, 0.4) is 0 Å². The highest BCUT2D eigenvalue weighted by atomic mass is 16.7. The molecular weight excluding hydrogens is 368 g/mol. The van der Waals surface area contributed by atoms with E-state index in [9.17, 15) is 19.2 Å². The lowest BCUT2D eigenvalue weighted by atomic mass is 10.2. The van der Waals surface area contributed by atoms with Crippen molar-refractivity contribution in [2.75, 3.05) is 13.9 Å². The Balaban J connectivity index is 1.82. The van der Waals surface area contributed by atoms with Crippen LogP contribution in [0.5, 0.6) is 11.5 Å². The molecule has 0 radical (unpaired) electrons. The number of hydrogen-bond donors (Lipinski definition) is 0. The van der Waals surface area contributed by atoms with Gasteiger partial charge in [0.2, 0.25) is 6.79 Å². The van der Waals surface area contributed by atoms with E-state index in [2.05, 4.69) is 9.47 Å². The van der Waals surface area contributed by atoms with E-state index < -0.39 is 24.3 Å². The third-order valence-corrected chi connectivity index (χ3v) is 3.42. The molecule has 0 unspecified atom stereocenters. The molecule has 0 aromatic heterocycles. The number of carbonyl (C=O) groups is 4. The highest BCUT2D eigenvalue weighted by Crippen LogP contribution is 2.16. The first kappa shape index (κ1) is 20.6. The van der Waals surface area contributed by atoms with Gasteiger partial charge in [0.05, 0.1) is 18.2 Å². The molecular formula is C20H18O8. The maximum atomic E-state index is 11.8. The Hall–Kier alpha value is -3.68. The third-order valence-electron chi connectivity index (χ3n) is 3.42. The maximum absolute atomic E-state index is 11.8. The van der Waals surface area contributed by atoms with Crippen molar-refractivity contribution in [3.63, 3.8) is 0 Å². The van der Waals surface area contributed by atoms with Gasteiger partial charge in [-0.25, -0.2) is 9.59 Å². The van der Waals surface area contributed by atoms with E-state index in [4.69, 9.17) is 9.47 Å². The number of hydrogen-bond acceptors (Lipinski definition) is 8. The predicted octanol–water partition coefficient (Wildman–Crippen LogP) is 2.55. The summed E-state index contributed by atoms with van der Waals surface area (Å²) in [6.45, 7) is 1.13. The van der Waals surface area contributed by atoms with Crippen molar-refractivity contribution in [1.29, 1.82) is 0 Å². The molecule has 0 saturated heterocycles. The minimum atomic E-state index is -0.899. The van der Waals surface area contributed by atoms with Crippen molar-refractivity contribution in [1.82, 2.24) is 0 Å². The fraction of sp³-hybridized carbons (Fsp3) is 0.200. The molecule has 146 valence electrons. The minimum Gasteiger partial charge on any atom is -0.465 e. The quantitative estimate of drug-likeness (QED) is 0.387. The summed E-state index contributed by atoms with van der Waals surface area (Å²) in [5.41, 5.74) is 0.545. The minimum absolute atomic E-state index is 0.0987. The van der Waals surface area contributed by atoms with Crippen molar-refractivity contribution < 1.29 is 38.1 Å². The molecule has 0 heterocycles. The lowest BCUT2D eigenvalue weighted by Gasteiger charge is -2.09. The van der Waals surface area contributed by atoms with E-state index in [1.165, 1.54) is 38.3 Å². The van der Waals surface area contributed by atoms with Gasteiger partial charge in [0.15, 0.2) is 0 Å². The van der Waals surface area contributed by atoms with Crippen LogP contribution in [0.15, 0.2) is 48.5 Å². The number of Topliss-reactive ketones (excluding diaryl/α,β-unsaturated/α-hetero) is 1. The average molecular weight is 386 g/mol. The van der Waals surface area contributed by atoms with Gasteiger partial charge in [-0.2, -0.15) is 0 Å². The summed E-state index contributed by atoms with van der Waals surface area (Å²) < 4.78 is 20.0. The summed E-state index contributed by atoms with van der Waals surface area (Å²) in [6.07, 6.45) is -0.453. The average Bonchev–Trinajstić information content (AvgIpc) is 2.67. The van der Waals surface area contributed by atoms with Crippen LogP contribution in [0, 0.1) is 0 Å². The largest absolute Gasteiger partial charge is 0.465 e. The molecule has 8 nitrogen and oxygen atoms in total. The second kappa shape index (κ2) is 9.86. The van der Waals surface area contributed by atoms with E-state index in [0.717, 1.165) is 0 Å². The van der Waals surface area contributed by atoms with Crippen LogP contribution >= 0.6 is 0 Å². The van der Waals surface area contributed by atoms with Crippen molar-refractivity contribution in [3.05, 3.63) is 59.7 Å². The number of ketones is 1. The van der Waals surface area contributed by atoms with E-state index in [1.807, 2.05) is 0 Å². The molecule has 0 bridgehead atoms. The van der Waals surface area contributed by atoms with Crippen molar-refractivity contribution in [3.8, 4) is 11.5 Å². The molecule has 0 spiro atoms. The Bertz CT molecular complexity index is 853. The molecule has 0 fully saturated rings. The molecule has 8 heteroatoms. The van der Waals surface area contributed by atoms with E-state index >= 15 is 0 Å². The molecule has 0 aliphatic heterocycles. The first-order valence-corrected chi connectivity index (χ1v) is 8.17. The van der Waals surface area contributed by atoms with Gasteiger partial charge in [0.1, 0.15) is 23.7 Å². The monoisotopic (exact) mass is 386 g/mol. The number of benzene rings is 2. The lowest BCUT2D eigenvalue weighted by Crippen LogP contribution is -2.15. The van der Waals surface area contributed by atoms with Crippen molar-refractivity contribution in [2.45, 2.75) is 13.3 Å². The highest BCUT2D eigenvalue weighted by molar-refractivity contribution is 6.02. The summed E-state index contributed by atoms with van der Waals surface area (Å²) in [5, 5.41) is 0. The van der Waals surface area contributed by atoms with Gasteiger partial charge in [-0.1, -0.05) is 0 Å². The zero-order valence-electron chi connectivity index (χ0n) is 15.3. The Kier molecular flexibility index (Phi) is 7.27. The van der Waals surface area contributed by atoms with Gasteiger partial charge < -0.3 is 18.9 Å². The number of methoxy groups -OCH3 is 1. The first-order valence-electron chi connectivity index (χ1n) is 8.17. The van der Waals surface area contributed by atoms with E-state index in [1.54, 1.807) is 24.3 Å². The molecule has 2 aromatic rings. The molecule has 0 amide bonds. The normalized spacial score (nSPS) is 9.93. The third kappa shape index (κ3) is 6.24. The SMILES string of the molecule is COC(=O)c1ccc(OCOc2ccc(C(=O)OC(=O)CC(C)=O)cc2)cc1. The zero-order chi connectivity index (χ0) is 20.5. The number of esters is 3. The van der Waals surface area contributed by atoms with Crippen molar-refractivity contribution >= 4 is 23.7 Å². The summed E-state index contributed by atoms with van der Waals surface area (Å²) in [7, 11) is 1.30. The number of ether oxygens (including phenoxy) is 4. The molecule has 0 aliphatic carbocycles. The van der Waals surface area contributed by atoms with Gasteiger partial charge in [-0.15, -0.1) is 0 Å². The molecule has 2 rings (SSSR count). The van der Waals surface area contributed by atoms with E-state index in [-0.39, 0.29) is 18.1 Å². The number of carbonyl (C=O) groups excluding carboxylic acids is 4. The van der Waals surface area contributed by atoms with Crippen LogP contribution < -0.4 is 9.47 Å². The summed E-state index contributed by atoms with van der Waals surface area (Å²) in [5.74, 6) is -1.65. The first-order chi connectivity index (χ1) is 13.4. The smallest absolute Gasteiger partial charge is 0.345 e. The summed E-state index contributed by atoms with van der Waals surface area (Å²) in [4.78, 5) is 45.3. The fourth-order valence-electron chi connectivity index (χ4n) is 2.06. The Morgan fingerprint density at radius 3 is 1.64 bits per heavy atom. The highest BCUT2D eigenvalue weighted by Gasteiger charge is 2.14. The summed E-state index contributed by atoms with van der Waals surface area (Å²) in [6, 6.07) is 12.2. The molecule has 2 aromatic carbocycles. The molecule has 0 aliphatic rings. The summed E-state index contributed by atoms with van der Waals surface area (Å²) >= 11 is 0. The van der Waals surface area contributed by atoms with Crippen LogP contribution in [0.2, 0.25) is 0 Å². The standard InChI is InChI=1S/C20H18O8/c1-13(21)11-18(22)28-20(24)15-5-9-17(10-6-15)27-12-26-16-7-3-14(4-8-16)19(23)25-2/h3-10H,11-12H2,1-2H3. The Morgan fingerprint density at radius 2 is 1.21 bits per heavy atom. The van der Waals surface area contributed by atoms with E-state index in [0.29, 0.717) is 17.1 Å². The van der Waals surface area contributed by atoms with Gasteiger partial charge in [0, 0.05) is 0 Å². The van der Waals surface area contributed by atoms with Crippen LogP contribution in [-0.4, -0.2) is 37.6 Å². The lowest BCUT2D eigenvalue weighted by molar-refractivity contribution is -0.140. The topological polar surface area (TPSA) is 105 Å².